The van der Waals surface area contributed by atoms with Crippen LogP contribution in [0.3, 0.4) is 0 Å². The maximum Gasteiger partial charge on any atom is 0.152 e. The molecule has 2 heteroatoms. The Labute approximate surface area is 297 Å². The van der Waals surface area contributed by atoms with E-state index in [0.717, 1.165) is 50.8 Å². The highest BCUT2D eigenvalue weighted by Gasteiger charge is 2.52. The fourth-order valence-corrected chi connectivity index (χ4v) is 9.00. The largest absolute Gasteiger partial charge is 0.453 e. The van der Waals surface area contributed by atoms with Crippen molar-refractivity contribution in [1.29, 1.82) is 0 Å². The Morgan fingerprint density at radius 3 is 1.33 bits per heavy atom. The second-order valence-electron chi connectivity index (χ2n) is 13.6. The molecule has 2 nitrogen and oxygen atoms in total. The molecular weight excluding hydrogens is 619 g/mol. The fourth-order valence-electron chi connectivity index (χ4n) is 9.00. The van der Waals surface area contributed by atoms with Gasteiger partial charge in [0, 0.05) is 5.56 Å². The van der Waals surface area contributed by atoms with E-state index in [4.69, 9.17) is 4.74 Å². The molecule has 1 heterocycles. The maximum atomic E-state index is 6.89. The van der Waals surface area contributed by atoms with E-state index in [1.165, 1.54) is 44.5 Å². The number of ether oxygens (including phenoxy) is 1. The van der Waals surface area contributed by atoms with Crippen LogP contribution in [0, 0.1) is 0 Å². The SMILES string of the molecule is c1ccc(-c2ccc3c(c2)Oc2cc(-c4ccccc4)ccc2N3c2cccc3c2-c2ccccc2C32c3ccccc3-c3ccccc32)cc1. The van der Waals surface area contributed by atoms with Crippen LogP contribution < -0.4 is 9.64 Å². The summed E-state index contributed by atoms with van der Waals surface area (Å²) in [5.74, 6) is 1.67. The van der Waals surface area contributed by atoms with Gasteiger partial charge in [-0.25, -0.2) is 0 Å². The molecule has 11 rings (SSSR count). The van der Waals surface area contributed by atoms with E-state index in [1.807, 2.05) is 0 Å². The summed E-state index contributed by atoms with van der Waals surface area (Å²) in [7, 11) is 0. The molecule has 0 saturated heterocycles. The van der Waals surface area contributed by atoms with E-state index in [2.05, 4.69) is 193 Å². The predicted octanol–water partition coefficient (Wildman–Crippen LogP) is 12.9. The monoisotopic (exact) mass is 649 g/mol. The van der Waals surface area contributed by atoms with Crippen molar-refractivity contribution in [2.45, 2.75) is 5.41 Å². The van der Waals surface area contributed by atoms with Crippen LogP contribution in [0.1, 0.15) is 22.3 Å². The van der Waals surface area contributed by atoms with Crippen molar-refractivity contribution in [3.8, 4) is 56.0 Å². The minimum atomic E-state index is -0.415. The summed E-state index contributed by atoms with van der Waals surface area (Å²) in [5, 5.41) is 0. The molecule has 8 aromatic carbocycles. The molecule has 8 aromatic rings. The Balaban J connectivity index is 1.19. The molecular formula is C49H31NO. The number of hydrogen-bond acceptors (Lipinski definition) is 2. The summed E-state index contributed by atoms with van der Waals surface area (Å²) in [5.41, 5.74) is 17.8. The lowest BCUT2D eigenvalue weighted by Gasteiger charge is -2.35. The van der Waals surface area contributed by atoms with Crippen molar-refractivity contribution in [1.82, 2.24) is 0 Å². The second kappa shape index (κ2) is 10.7. The minimum absolute atomic E-state index is 0.415. The number of rotatable bonds is 3. The lowest BCUT2D eigenvalue weighted by atomic mass is 9.70. The van der Waals surface area contributed by atoms with Crippen LogP contribution in [0.15, 0.2) is 188 Å². The average molecular weight is 650 g/mol. The Hall–Kier alpha value is -6.64. The van der Waals surface area contributed by atoms with E-state index in [9.17, 15) is 0 Å². The number of fused-ring (bicyclic) bond motifs is 12. The molecule has 0 unspecified atom stereocenters. The lowest BCUT2D eigenvalue weighted by molar-refractivity contribution is 0.477. The van der Waals surface area contributed by atoms with Gasteiger partial charge in [-0.3, -0.25) is 0 Å². The summed E-state index contributed by atoms with van der Waals surface area (Å²) >= 11 is 0. The van der Waals surface area contributed by atoms with Gasteiger partial charge in [0.2, 0.25) is 0 Å². The van der Waals surface area contributed by atoms with Crippen molar-refractivity contribution in [3.63, 3.8) is 0 Å². The summed E-state index contributed by atoms with van der Waals surface area (Å²) in [6.07, 6.45) is 0. The number of anilines is 3. The van der Waals surface area contributed by atoms with Crippen LogP contribution in [0.5, 0.6) is 11.5 Å². The van der Waals surface area contributed by atoms with Gasteiger partial charge in [-0.2, -0.15) is 0 Å². The molecule has 1 aliphatic heterocycles. The molecule has 0 fully saturated rings. The third-order valence-corrected chi connectivity index (χ3v) is 11.1. The normalized spacial score (nSPS) is 13.8. The molecule has 0 radical (unpaired) electrons. The van der Waals surface area contributed by atoms with Crippen molar-refractivity contribution in [2.24, 2.45) is 0 Å². The quantitative estimate of drug-likeness (QED) is 0.189. The van der Waals surface area contributed by atoms with Crippen molar-refractivity contribution >= 4 is 17.1 Å². The van der Waals surface area contributed by atoms with Crippen LogP contribution in [0.25, 0.3) is 44.5 Å². The van der Waals surface area contributed by atoms with Crippen LogP contribution >= 0.6 is 0 Å². The summed E-state index contributed by atoms with van der Waals surface area (Å²) < 4.78 is 6.89. The zero-order valence-electron chi connectivity index (χ0n) is 27.8. The van der Waals surface area contributed by atoms with Gasteiger partial charge in [0.1, 0.15) is 0 Å². The third kappa shape index (κ3) is 3.87. The smallest absolute Gasteiger partial charge is 0.152 e. The maximum absolute atomic E-state index is 6.89. The molecule has 0 aromatic heterocycles. The Morgan fingerprint density at radius 2 is 0.784 bits per heavy atom. The summed E-state index contributed by atoms with van der Waals surface area (Å²) in [4.78, 5) is 2.43. The fraction of sp³-hybridized carbons (Fsp3) is 0.0204. The van der Waals surface area contributed by atoms with Gasteiger partial charge in [-0.1, -0.05) is 158 Å². The molecule has 3 aliphatic rings. The lowest BCUT2D eigenvalue weighted by Crippen LogP contribution is -2.26. The third-order valence-electron chi connectivity index (χ3n) is 11.1. The van der Waals surface area contributed by atoms with Gasteiger partial charge >= 0.3 is 0 Å². The Bertz CT molecular complexity index is 2540. The summed E-state index contributed by atoms with van der Waals surface area (Å²) in [6.45, 7) is 0. The van der Waals surface area contributed by atoms with Gasteiger partial charge < -0.3 is 9.64 Å². The molecule has 0 N–H and O–H groups in total. The molecule has 238 valence electrons. The average Bonchev–Trinajstić information content (AvgIpc) is 3.68. The number of benzene rings is 8. The minimum Gasteiger partial charge on any atom is -0.453 e. The Kier molecular flexibility index (Phi) is 5.91. The number of nitrogens with zero attached hydrogens (tertiary/aromatic N) is 1. The van der Waals surface area contributed by atoms with E-state index in [-0.39, 0.29) is 0 Å². The first-order valence-corrected chi connectivity index (χ1v) is 17.6. The molecule has 0 bridgehead atoms. The van der Waals surface area contributed by atoms with Crippen LogP contribution in [-0.4, -0.2) is 0 Å². The zero-order valence-corrected chi connectivity index (χ0v) is 27.8. The highest BCUT2D eigenvalue weighted by molar-refractivity contribution is 6.02. The molecule has 51 heavy (non-hydrogen) atoms. The molecule has 2 aliphatic carbocycles. The highest BCUT2D eigenvalue weighted by atomic mass is 16.5. The first-order valence-electron chi connectivity index (χ1n) is 17.6. The second-order valence-corrected chi connectivity index (χ2v) is 13.6. The van der Waals surface area contributed by atoms with Gasteiger partial charge in [0.25, 0.3) is 0 Å². The standard InChI is InChI=1S/C49H31NO/c1-3-14-32(15-4-1)34-26-28-43-46(30-34)51-47-31-35(33-16-5-2-6-17-33)27-29-44(47)50(43)45-25-13-24-42-48(45)38-20-9-12-23-41(38)49(42)39-21-10-7-18-36(39)37-19-8-11-22-40(37)49/h1-31H. The van der Waals surface area contributed by atoms with Crippen LogP contribution in [0.2, 0.25) is 0 Å². The number of hydrogen-bond donors (Lipinski definition) is 0. The molecule has 0 amide bonds. The summed E-state index contributed by atoms with van der Waals surface area (Å²) in [6, 6.07) is 68.3. The van der Waals surface area contributed by atoms with Crippen molar-refractivity contribution < 1.29 is 4.74 Å². The van der Waals surface area contributed by atoms with E-state index in [1.54, 1.807) is 0 Å². The van der Waals surface area contributed by atoms with Crippen molar-refractivity contribution in [3.05, 3.63) is 210 Å². The van der Waals surface area contributed by atoms with E-state index in [0.29, 0.717) is 0 Å². The van der Waals surface area contributed by atoms with Gasteiger partial charge in [0.15, 0.2) is 11.5 Å². The molecule has 1 spiro atoms. The zero-order chi connectivity index (χ0) is 33.5. The predicted molar refractivity (Wildman–Crippen MR) is 208 cm³/mol. The molecule has 0 saturated carbocycles. The van der Waals surface area contributed by atoms with Crippen LogP contribution in [-0.2, 0) is 5.41 Å². The van der Waals surface area contributed by atoms with Gasteiger partial charge in [-0.05, 0) is 91.5 Å². The first-order chi connectivity index (χ1) is 25.3. The van der Waals surface area contributed by atoms with Gasteiger partial charge in [-0.15, -0.1) is 0 Å². The Morgan fingerprint density at radius 1 is 0.333 bits per heavy atom. The van der Waals surface area contributed by atoms with Crippen molar-refractivity contribution in [2.75, 3.05) is 4.90 Å². The topological polar surface area (TPSA) is 12.5 Å². The van der Waals surface area contributed by atoms with E-state index < -0.39 is 5.41 Å². The van der Waals surface area contributed by atoms with E-state index >= 15 is 0 Å². The highest BCUT2D eigenvalue weighted by Crippen LogP contribution is 2.65. The van der Waals surface area contributed by atoms with Gasteiger partial charge in [0.05, 0.1) is 22.5 Å². The first kappa shape index (κ1) is 28.2. The van der Waals surface area contributed by atoms with Crippen LogP contribution in [0.4, 0.5) is 17.1 Å². The molecule has 0 atom stereocenters.